The molecule has 1 spiro atoms. The largest absolute Gasteiger partial charge is 0.497 e. The van der Waals surface area contributed by atoms with Crippen LogP contribution in [-0.2, 0) is 19.5 Å². The second-order valence-electron chi connectivity index (χ2n) is 10.9. The van der Waals surface area contributed by atoms with Crippen molar-refractivity contribution >= 4 is 32.4 Å². The Labute approximate surface area is 261 Å². The number of aromatic nitrogens is 2. The van der Waals surface area contributed by atoms with Gasteiger partial charge in [0, 0.05) is 48.6 Å². The standard InChI is InChI=1S/C32H27F2N3O8S/c1-41-22-5-3-4-21(13-22)37(30-8-9-45-35-30)46(39,40)29-12-19-6-7-31(38)36(26(19)16-25(29)34)27-15-24(33)23(14-28(27)42-2)20-17-32(18-20)43-10-11-44-32/h3-9,12-16,20H,10-11,17-18H2,1-2H3. The predicted molar refractivity (Wildman–Crippen MR) is 161 cm³/mol. The van der Waals surface area contributed by atoms with Gasteiger partial charge in [0.15, 0.2) is 11.6 Å². The molecule has 2 aliphatic rings. The molecule has 0 bridgehead atoms. The van der Waals surface area contributed by atoms with Gasteiger partial charge in [0.1, 0.15) is 34.3 Å². The lowest BCUT2D eigenvalue weighted by molar-refractivity contribution is -0.215. The lowest BCUT2D eigenvalue weighted by Crippen LogP contribution is -2.43. The van der Waals surface area contributed by atoms with Gasteiger partial charge >= 0.3 is 0 Å². The van der Waals surface area contributed by atoms with Crippen LogP contribution in [0, 0.1) is 11.6 Å². The molecule has 14 heteroatoms. The summed E-state index contributed by atoms with van der Waals surface area (Å²) in [5.41, 5.74) is -0.0921. The van der Waals surface area contributed by atoms with Crippen molar-refractivity contribution in [3.8, 4) is 17.2 Å². The maximum absolute atomic E-state index is 16.0. The summed E-state index contributed by atoms with van der Waals surface area (Å²) in [4.78, 5) is 12.5. The maximum atomic E-state index is 16.0. The summed E-state index contributed by atoms with van der Waals surface area (Å²) in [5.74, 6) is -2.22. The number of sulfonamides is 1. The number of pyridine rings is 1. The first-order valence-corrected chi connectivity index (χ1v) is 15.7. The molecule has 1 saturated carbocycles. The number of benzene rings is 3. The Morgan fingerprint density at radius 3 is 2.43 bits per heavy atom. The van der Waals surface area contributed by atoms with Gasteiger partial charge in [-0.3, -0.25) is 9.36 Å². The van der Waals surface area contributed by atoms with Crippen molar-refractivity contribution in [3.63, 3.8) is 0 Å². The zero-order valence-corrected chi connectivity index (χ0v) is 25.4. The number of halogens is 2. The van der Waals surface area contributed by atoms with Crippen molar-refractivity contribution in [2.24, 2.45) is 0 Å². The van der Waals surface area contributed by atoms with E-state index in [2.05, 4.69) is 5.16 Å². The second-order valence-corrected chi connectivity index (χ2v) is 12.7. The zero-order chi connectivity index (χ0) is 32.2. The van der Waals surface area contributed by atoms with Crippen molar-refractivity contribution in [2.45, 2.75) is 29.4 Å². The van der Waals surface area contributed by atoms with Crippen LogP contribution in [0.15, 0.2) is 87.2 Å². The molecule has 5 aromatic rings. The van der Waals surface area contributed by atoms with E-state index in [4.69, 9.17) is 23.5 Å². The third-order valence-electron chi connectivity index (χ3n) is 8.29. The highest BCUT2D eigenvalue weighted by Crippen LogP contribution is 2.51. The molecule has 238 valence electrons. The van der Waals surface area contributed by atoms with Crippen LogP contribution in [-0.4, -0.2) is 51.4 Å². The third-order valence-corrected chi connectivity index (χ3v) is 10.0. The number of hydrogen-bond donors (Lipinski definition) is 0. The molecule has 1 aliphatic heterocycles. The molecule has 0 radical (unpaired) electrons. The molecule has 0 amide bonds. The SMILES string of the molecule is COc1cccc(N(c2ccon2)S(=O)(=O)c2cc3ccc(=O)n(-c4cc(F)c(C5CC6(C5)OCCO6)cc4OC)c3cc2F)c1. The van der Waals surface area contributed by atoms with Crippen LogP contribution in [0.2, 0.25) is 0 Å². The second kappa shape index (κ2) is 11.2. The number of hydrogen-bond acceptors (Lipinski definition) is 9. The van der Waals surface area contributed by atoms with E-state index in [-0.39, 0.29) is 39.8 Å². The number of fused-ring (bicyclic) bond motifs is 1. The Morgan fingerprint density at radius 2 is 1.74 bits per heavy atom. The molecule has 0 atom stereocenters. The van der Waals surface area contributed by atoms with Gasteiger partial charge in [-0.1, -0.05) is 11.2 Å². The highest BCUT2D eigenvalue weighted by molar-refractivity contribution is 7.93. The number of methoxy groups -OCH3 is 2. The Morgan fingerprint density at radius 1 is 0.957 bits per heavy atom. The number of ether oxygens (including phenoxy) is 4. The van der Waals surface area contributed by atoms with Gasteiger partial charge in [-0.25, -0.2) is 21.5 Å². The van der Waals surface area contributed by atoms with Gasteiger partial charge in [0.25, 0.3) is 15.6 Å². The number of anilines is 2. The molecule has 7 rings (SSSR count). The Kier molecular flexibility index (Phi) is 7.30. The lowest BCUT2D eigenvalue weighted by atomic mass is 9.74. The van der Waals surface area contributed by atoms with Crippen molar-refractivity contribution in [1.82, 2.24) is 9.72 Å². The molecular formula is C32H27F2N3O8S. The van der Waals surface area contributed by atoms with E-state index in [0.717, 1.165) is 27.1 Å². The van der Waals surface area contributed by atoms with Gasteiger partial charge in [-0.05, 0) is 41.8 Å². The monoisotopic (exact) mass is 651 g/mol. The molecule has 11 nitrogen and oxygen atoms in total. The van der Waals surface area contributed by atoms with E-state index in [0.29, 0.717) is 37.4 Å². The van der Waals surface area contributed by atoms with E-state index >= 15 is 8.78 Å². The molecule has 3 heterocycles. The van der Waals surface area contributed by atoms with Gasteiger partial charge in [0.2, 0.25) is 0 Å². The average Bonchev–Trinajstić information content (AvgIpc) is 3.74. The first-order valence-electron chi connectivity index (χ1n) is 14.2. The lowest BCUT2D eigenvalue weighted by Gasteiger charge is -2.43. The highest BCUT2D eigenvalue weighted by atomic mass is 32.2. The fraction of sp³-hybridized carbons (Fsp3) is 0.250. The summed E-state index contributed by atoms with van der Waals surface area (Å²) >= 11 is 0. The Balaban J connectivity index is 1.33. The fourth-order valence-electron chi connectivity index (χ4n) is 6.08. The third kappa shape index (κ3) is 4.89. The van der Waals surface area contributed by atoms with Crippen molar-refractivity contribution < 1.29 is 40.7 Å². The molecule has 2 fully saturated rings. The normalized spacial score (nSPS) is 16.1. The van der Waals surface area contributed by atoms with Gasteiger partial charge in [-0.2, -0.15) is 0 Å². The molecule has 1 saturated heterocycles. The molecule has 3 aromatic carbocycles. The fourth-order valence-corrected chi connectivity index (χ4v) is 7.59. The van der Waals surface area contributed by atoms with E-state index in [1.165, 1.54) is 56.9 Å². The molecule has 46 heavy (non-hydrogen) atoms. The van der Waals surface area contributed by atoms with E-state index in [1.807, 2.05) is 0 Å². The smallest absolute Gasteiger partial charge is 0.272 e. The van der Waals surface area contributed by atoms with E-state index in [9.17, 15) is 13.2 Å². The van der Waals surface area contributed by atoms with Crippen LogP contribution < -0.4 is 19.3 Å². The summed E-state index contributed by atoms with van der Waals surface area (Å²) in [5, 5.41) is 3.96. The Hall–Kier alpha value is -4.79. The van der Waals surface area contributed by atoms with Crippen LogP contribution in [0.5, 0.6) is 11.5 Å². The maximum Gasteiger partial charge on any atom is 0.272 e. The van der Waals surface area contributed by atoms with Crippen molar-refractivity contribution in [2.75, 3.05) is 31.7 Å². The number of nitrogens with zero attached hydrogens (tertiary/aromatic N) is 3. The van der Waals surface area contributed by atoms with Crippen LogP contribution in [0.25, 0.3) is 16.6 Å². The summed E-state index contributed by atoms with van der Waals surface area (Å²) in [6, 6.07) is 14.7. The van der Waals surface area contributed by atoms with Gasteiger partial charge in [0.05, 0.1) is 44.3 Å². The predicted octanol–water partition coefficient (Wildman–Crippen LogP) is 5.42. The first kappa shape index (κ1) is 29.9. The summed E-state index contributed by atoms with van der Waals surface area (Å²) < 4.78 is 88.8. The minimum atomic E-state index is -4.66. The number of rotatable bonds is 8. The minimum absolute atomic E-state index is 0.000816. The van der Waals surface area contributed by atoms with Gasteiger partial charge < -0.3 is 23.5 Å². The van der Waals surface area contributed by atoms with E-state index < -0.39 is 37.9 Å². The molecule has 1 aliphatic carbocycles. The van der Waals surface area contributed by atoms with E-state index in [1.54, 1.807) is 12.1 Å². The summed E-state index contributed by atoms with van der Waals surface area (Å²) in [7, 11) is -1.86. The van der Waals surface area contributed by atoms with Crippen molar-refractivity contribution in [3.05, 3.63) is 101 Å². The van der Waals surface area contributed by atoms with Gasteiger partial charge in [-0.15, -0.1) is 0 Å². The Bertz CT molecular complexity index is 2120. The molecular weight excluding hydrogens is 624 g/mol. The van der Waals surface area contributed by atoms with Crippen LogP contribution >= 0.6 is 0 Å². The summed E-state index contributed by atoms with van der Waals surface area (Å²) in [6.07, 6.45) is 2.14. The quantitative estimate of drug-likeness (QED) is 0.216. The van der Waals surface area contributed by atoms with Crippen LogP contribution in [0.3, 0.4) is 0 Å². The molecule has 0 unspecified atom stereocenters. The average molecular weight is 652 g/mol. The highest BCUT2D eigenvalue weighted by Gasteiger charge is 2.50. The molecule has 2 aromatic heterocycles. The van der Waals surface area contributed by atoms with Crippen LogP contribution in [0.1, 0.15) is 24.3 Å². The summed E-state index contributed by atoms with van der Waals surface area (Å²) in [6.45, 7) is 0.973. The first-order chi connectivity index (χ1) is 22.1. The topological polar surface area (TPSA) is 122 Å². The molecule has 0 N–H and O–H groups in total. The van der Waals surface area contributed by atoms with Crippen LogP contribution in [0.4, 0.5) is 20.3 Å². The minimum Gasteiger partial charge on any atom is -0.497 e. The zero-order valence-electron chi connectivity index (χ0n) is 24.6. The van der Waals surface area contributed by atoms with Crippen molar-refractivity contribution in [1.29, 1.82) is 0 Å².